The number of alkyl halides is 7. The number of likely N-dealkylation sites (tertiary alicyclic amines) is 1. The molecule has 0 unspecified atom stereocenters. The molecule has 2 aromatic carbocycles. The van der Waals surface area contributed by atoms with E-state index in [4.69, 9.17) is 5.26 Å². The molecule has 34 heavy (non-hydrogen) atoms. The lowest BCUT2D eigenvalue weighted by Gasteiger charge is -2.35. The van der Waals surface area contributed by atoms with Gasteiger partial charge in [0.15, 0.2) is 0 Å². The van der Waals surface area contributed by atoms with Crippen molar-refractivity contribution in [1.82, 2.24) is 4.90 Å². The van der Waals surface area contributed by atoms with Gasteiger partial charge in [0.1, 0.15) is 0 Å². The maximum atomic E-state index is 14.5. The summed E-state index contributed by atoms with van der Waals surface area (Å²) in [6.07, 6.45) is -11.1. The van der Waals surface area contributed by atoms with E-state index < -0.39 is 23.6 Å². The summed E-state index contributed by atoms with van der Waals surface area (Å²) in [5.41, 5.74) is -4.95. The van der Waals surface area contributed by atoms with Crippen molar-refractivity contribution in [3.05, 3.63) is 70.3 Å². The molecule has 1 aliphatic carbocycles. The van der Waals surface area contributed by atoms with E-state index in [1.54, 1.807) is 29.2 Å². The van der Waals surface area contributed by atoms with Crippen molar-refractivity contribution in [2.75, 3.05) is 6.54 Å². The van der Waals surface area contributed by atoms with Gasteiger partial charge in [0.05, 0.1) is 12.5 Å². The molecule has 1 fully saturated rings. The fourth-order valence-corrected chi connectivity index (χ4v) is 5.04. The molecule has 0 spiro atoms. The second kappa shape index (κ2) is 8.29. The first kappa shape index (κ1) is 24.0. The molecule has 1 heterocycles. The summed E-state index contributed by atoms with van der Waals surface area (Å²) >= 11 is 0. The molecule has 1 aliphatic heterocycles. The zero-order chi connectivity index (χ0) is 24.9. The van der Waals surface area contributed by atoms with E-state index in [2.05, 4.69) is 0 Å². The molecule has 180 valence electrons. The number of benzene rings is 2. The number of hydrogen-bond donors (Lipinski definition) is 0. The third-order valence-electron chi connectivity index (χ3n) is 6.72. The van der Waals surface area contributed by atoms with Gasteiger partial charge in [-0.1, -0.05) is 30.3 Å². The summed E-state index contributed by atoms with van der Waals surface area (Å²) in [5, 5.41) is 8.76. The van der Waals surface area contributed by atoms with Crippen LogP contribution in [0.1, 0.15) is 51.4 Å². The fourth-order valence-electron chi connectivity index (χ4n) is 5.04. The van der Waals surface area contributed by atoms with Gasteiger partial charge in [0.25, 0.3) is 5.91 Å². The van der Waals surface area contributed by atoms with Crippen molar-refractivity contribution in [2.45, 2.75) is 55.7 Å². The van der Waals surface area contributed by atoms with Gasteiger partial charge in [-0.3, -0.25) is 4.79 Å². The summed E-state index contributed by atoms with van der Waals surface area (Å²) in [5.74, 6) is -0.488. The number of fused-ring (bicyclic) bond motifs is 3. The number of nitrogens with zero attached hydrogens (tertiary/aromatic N) is 2. The van der Waals surface area contributed by atoms with Gasteiger partial charge in [-0.05, 0) is 48.1 Å². The summed E-state index contributed by atoms with van der Waals surface area (Å²) in [7, 11) is 0. The molecule has 2 aromatic rings. The van der Waals surface area contributed by atoms with Gasteiger partial charge in [-0.2, -0.15) is 31.6 Å². The molecule has 1 saturated heterocycles. The highest BCUT2D eigenvalue weighted by atomic mass is 19.4. The molecule has 0 bridgehead atoms. The third-order valence-corrected chi connectivity index (χ3v) is 6.72. The second-order valence-corrected chi connectivity index (χ2v) is 8.60. The average molecular weight is 484 g/mol. The predicted octanol–water partition coefficient (Wildman–Crippen LogP) is 5.99. The summed E-state index contributed by atoms with van der Waals surface area (Å²) in [4.78, 5) is 14.7. The van der Waals surface area contributed by atoms with E-state index in [-0.39, 0.29) is 36.3 Å². The summed E-state index contributed by atoms with van der Waals surface area (Å²) in [6, 6.07) is 10.8. The summed E-state index contributed by atoms with van der Waals surface area (Å²) in [6.45, 7) is 0.382. The van der Waals surface area contributed by atoms with Gasteiger partial charge in [0, 0.05) is 29.6 Å². The van der Waals surface area contributed by atoms with Crippen LogP contribution >= 0.6 is 0 Å². The average Bonchev–Trinajstić information content (AvgIpc) is 3.21. The first-order valence-electron chi connectivity index (χ1n) is 10.6. The standard InChI is InChI=1S/C24H19F7N2O/c25-22(23(26,27)28,24(29,30)31)17-6-7-18-16(13-17)5-8-20-19(18)10-12-33(20)21(34)15-3-1-14(2-4-15)9-11-32/h1-4,6-7,13,19-20H,5,8-10,12H2/t19-,20+/m0/s1. The molecule has 2 atom stereocenters. The van der Waals surface area contributed by atoms with E-state index in [9.17, 15) is 35.5 Å². The highest BCUT2D eigenvalue weighted by Crippen LogP contribution is 2.54. The SMILES string of the molecule is N#CCc1ccc(C(=O)N2CC[C@H]3c4ccc(C(F)(C(F)(F)F)C(F)(F)F)cc4CC[C@H]32)cc1. The number of carbonyl (C=O) groups excluding carboxylic acids is 1. The van der Waals surface area contributed by atoms with Crippen LogP contribution < -0.4 is 0 Å². The summed E-state index contributed by atoms with van der Waals surface area (Å²) < 4.78 is 93.4. The normalized spacial score (nSPS) is 20.5. The quantitative estimate of drug-likeness (QED) is 0.503. The lowest BCUT2D eigenvalue weighted by atomic mass is 9.77. The number of amides is 1. The maximum absolute atomic E-state index is 14.5. The molecular formula is C24H19F7N2O. The maximum Gasteiger partial charge on any atom is 0.435 e. The largest absolute Gasteiger partial charge is 0.435 e. The van der Waals surface area contributed by atoms with Crippen molar-refractivity contribution >= 4 is 5.91 Å². The Kier molecular flexibility index (Phi) is 5.86. The lowest BCUT2D eigenvalue weighted by molar-refractivity contribution is -0.348. The predicted molar refractivity (Wildman–Crippen MR) is 108 cm³/mol. The number of halogens is 7. The zero-order valence-corrected chi connectivity index (χ0v) is 17.7. The van der Waals surface area contributed by atoms with Gasteiger partial charge < -0.3 is 4.90 Å². The Hall–Kier alpha value is -3.09. The molecule has 0 radical (unpaired) electrons. The Morgan fingerprint density at radius 3 is 2.21 bits per heavy atom. The minimum absolute atomic E-state index is 0.126. The van der Waals surface area contributed by atoms with Gasteiger partial charge in [-0.25, -0.2) is 4.39 Å². The van der Waals surface area contributed by atoms with Crippen LogP contribution in [0.15, 0.2) is 42.5 Å². The molecule has 10 heteroatoms. The first-order valence-corrected chi connectivity index (χ1v) is 10.6. The lowest BCUT2D eigenvalue weighted by Crippen LogP contribution is -2.50. The number of aryl methyl sites for hydroxylation is 1. The number of carbonyl (C=O) groups is 1. The molecule has 2 aliphatic rings. The van der Waals surface area contributed by atoms with Crippen molar-refractivity contribution in [3.8, 4) is 6.07 Å². The van der Waals surface area contributed by atoms with Crippen LogP contribution in [0.3, 0.4) is 0 Å². The van der Waals surface area contributed by atoms with Gasteiger partial charge >= 0.3 is 18.0 Å². The minimum atomic E-state index is -6.16. The van der Waals surface area contributed by atoms with Gasteiger partial charge in [0.2, 0.25) is 0 Å². The molecule has 0 saturated carbocycles. The topological polar surface area (TPSA) is 44.1 Å². The van der Waals surface area contributed by atoms with Crippen LogP contribution in [0.4, 0.5) is 30.7 Å². The molecular weight excluding hydrogens is 465 g/mol. The van der Waals surface area contributed by atoms with Crippen molar-refractivity contribution in [2.24, 2.45) is 0 Å². The first-order chi connectivity index (χ1) is 15.9. The van der Waals surface area contributed by atoms with E-state index in [0.717, 1.165) is 11.6 Å². The Morgan fingerprint density at radius 2 is 1.62 bits per heavy atom. The number of nitriles is 1. The van der Waals surface area contributed by atoms with Crippen LogP contribution in [-0.4, -0.2) is 35.7 Å². The minimum Gasteiger partial charge on any atom is -0.335 e. The van der Waals surface area contributed by atoms with E-state index in [1.807, 2.05) is 6.07 Å². The fraction of sp³-hybridized carbons (Fsp3) is 0.417. The third kappa shape index (κ3) is 3.81. The Labute approximate surface area is 190 Å². The molecule has 4 rings (SSSR count). The molecule has 0 N–H and O–H groups in total. The highest BCUT2D eigenvalue weighted by Gasteiger charge is 2.73. The Bertz CT molecular complexity index is 1120. The monoisotopic (exact) mass is 484 g/mol. The van der Waals surface area contributed by atoms with E-state index >= 15 is 0 Å². The molecule has 1 amide bonds. The van der Waals surface area contributed by atoms with Crippen LogP contribution in [-0.2, 0) is 18.5 Å². The Balaban J connectivity index is 1.60. The van der Waals surface area contributed by atoms with Gasteiger partial charge in [-0.15, -0.1) is 0 Å². The number of hydrogen-bond acceptors (Lipinski definition) is 2. The Morgan fingerprint density at radius 1 is 0.971 bits per heavy atom. The highest BCUT2D eigenvalue weighted by molar-refractivity contribution is 5.94. The van der Waals surface area contributed by atoms with Crippen LogP contribution in [0.25, 0.3) is 0 Å². The second-order valence-electron chi connectivity index (χ2n) is 8.60. The van der Waals surface area contributed by atoms with Crippen molar-refractivity contribution in [1.29, 1.82) is 5.26 Å². The van der Waals surface area contributed by atoms with Crippen LogP contribution in [0.5, 0.6) is 0 Å². The van der Waals surface area contributed by atoms with Crippen LogP contribution in [0, 0.1) is 11.3 Å². The van der Waals surface area contributed by atoms with E-state index in [1.165, 1.54) is 0 Å². The van der Waals surface area contributed by atoms with Crippen LogP contribution in [0.2, 0.25) is 0 Å². The smallest absolute Gasteiger partial charge is 0.335 e. The zero-order valence-electron chi connectivity index (χ0n) is 17.7. The molecule has 3 nitrogen and oxygen atoms in total. The van der Waals surface area contributed by atoms with Crippen molar-refractivity contribution < 1.29 is 35.5 Å². The van der Waals surface area contributed by atoms with Crippen molar-refractivity contribution in [3.63, 3.8) is 0 Å². The van der Waals surface area contributed by atoms with E-state index in [0.29, 0.717) is 42.6 Å². The number of rotatable bonds is 3. The molecule has 0 aromatic heterocycles.